The zero-order valence-corrected chi connectivity index (χ0v) is 10.7. The fraction of sp³-hybridized carbons (Fsp3) is 0.231. The van der Waals surface area contributed by atoms with E-state index in [1.165, 1.54) is 11.3 Å². The third-order valence-corrected chi connectivity index (χ3v) is 3.28. The topological polar surface area (TPSA) is 59.4 Å². The lowest BCUT2D eigenvalue weighted by molar-refractivity contribution is -0.136. The molecule has 0 aliphatic rings. The molecule has 0 bridgehead atoms. The quantitative estimate of drug-likeness (QED) is 0.901. The number of aliphatic carboxylic acids is 1. The first-order chi connectivity index (χ1) is 8.70. The number of benzene rings is 1. The minimum atomic E-state index is -0.872. The van der Waals surface area contributed by atoms with Crippen LogP contribution in [-0.4, -0.2) is 22.7 Å². The number of ether oxygens (including phenoxy) is 1. The van der Waals surface area contributed by atoms with Crippen LogP contribution in [-0.2, 0) is 11.2 Å². The smallest absolute Gasteiger partial charge is 0.309 e. The van der Waals surface area contributed by atoms with Gasteiger partial charge in [0, 0.05) is 0 Å². The van der Waals surface area contributed by atoms with Crippen LogP contribution in [0, 0.1) is 0 Å². The zero-order valence-electron chi connectivity index (χ0n) is 9.92. The summed E-state index contributed by atoms with van der Waals surface area (Å²) in [5.74, 6) is -0.0900. The molecule has 1 aromatic carbocycles. The minimum absolute atomic E-state index is 0.0578. The number of rotatable bonds is 5. The summed E-state index contributed by atoms with van der Waals surface area (Å²) in [5, 5.41) is 8.84. The lowest BCUT2D eigenvalue weighted by Gasteiger charge is -2.05. The Morgan fingerprint density at radius 2 is 2.33 bits per heavy atom. The molecule has 0 fully saturated rings. The molecule has 18 heavy (non-hydrogen) atoms. The zero-order chi connectivity index (χ0) is 13.0. The molecule has 0 radical (unpaired) electrons. The van der Waals surface area contributed by atoms with Crippen molar-refractivity contribution in [1.29, 1.82) is 0 Å². The van der Waals surface area contributed by atoms with E-state index in [2.05, 4.69) is 4.98 Å². The highest BCUT2D eigenvalue weighted by Gasteiger charge is 2.12. The summed E-state index contributed by atoms with van der Waals surface area (Å²) in [6, 6.07) is 7.61. The monoisotopic (exact) mass is 263 g/mol. The molecule has 1 heterocycles. The molecule has 0 saturated carbocycles. The second-order valence-corrected chi connectivity index (χ2v) is 4.51. The number of carbonyl (C=O) groups is 1. The molecule has 0 unspecified atom stereocenters. The molecule has 1 aromatic heterocycles. The van der Waals surface area contributed by atoms with Crippen molar-refractivity contribution >= 4 is 17.3 Å². The van der Waals surface area contributed by atoms with E-state index in [1.807, 2.05) is 31.2 Å². The van der Waals surface area contributed by atoms with Crippen LogP contribution in [0.25, 0.3) is 10.4 Å². The van der Waals surface area contributed by atoms with Gasteiger partial charge in [-0.1, -0.05) is 12.1 Å². The molecule has 5 heteroatoms. The van der Waals surface area contributed by atoms with E-state index in [9.17, 15) is 4.79 Å². The van der Waals surface area contributed by atoms with Gasteiger partial charge in [0.05, 0.1) is 29.1 Å². The molecule has 0 atom stereocenters. The maximum Gasteiger partial charge on any atom is 0.309 e. The standard InChI is InChI=1S/C13H13NO3S/c1-2-17-10-5-3-4-9(6-10)13-11(7-12(15)16)14-8-18-13/h3-6,8H,2,7H2,1H3,(H,15,16). The van der Waals surface area contributed by atoms with Crippen LogP contribution in [0.5, 0.6) is 5.75 Å². The van der Waals surface area contributed by atoms with Crippen molar-refractivity contribution in [3.8, 4) is 16.2 Å². The summed E-state index contributed by atoms with van der Waals surface area (Å²) in [6.45, 7) is 2.53. The molecule has 2 rings (SSSR count). The third kappa shape index (κ3) is 2.87. The Morgan fingerprint density at radius 1 is 1.50 bits per heavy atom. The molecule has 0 aliphatic heterocycles. The number of carboxylic acid groups (broad SMARTS) is 1. The molecule has 0 amide bonds. The first-order valence-electron chi connectivity index (χ1n) is 5.58. The van der Waals surface area contributed by atoms with Gasteiger partial charge in [-0.3, -0.25) is 4.79 Å². The minimum Gasteiger partial charge on any atom is -0.494 e. The van der Waals surface area contributed by atoms with Gasteiger partial charge in [0.2, 0.25) is 0 Å². The fourth-order valence-electron chi connectivity index (χ4n) is 1.67. The van der Waals surface area contributed by atoms with Crippen LogP contribution < -0.4 is 4.74 Å². The lowest BCUT2D eigenvalue weighted by atomic mass is 10.1. The first kappa shape index (κ1) is 12.6. The van der Waals surface area contributed by atoms with Crippen LogP contribution in [0.1, 0.15) is 12.6 Å². The van der Waals surface area contributed by atoms with Gasteiger partial charge in [-0.15, -0.1) is 11.3 Å². The highest BCUT2D eigenvalue weighted by atomic mass is 32.1. The molecular weight excluding hydrogens is 250 g/mol. The molecule has 1 N–H and O–H groups in total. The van der Waals surface area contributed by atoms with E-state index in [4.69, 9.17) is 9.84 Å². The number of hydrogen-bond donors (Lipinski definition) is 1. The van der Waals surface area contributed by atoms with Crippen LogP contribution in [0.3, 0.4) is 0 Å². The second-order valence-electron chi connectivity index (χ2n) is 3.66. The van der Waals surface area contributed by atoms with Crippen LogP contribution in [0.15, 0.2) is 29.8 Å². The summed E-state index contributed by atoms with van der Waals surface area (Å²) >= 11 is 1.44. The highest BCUT2D eigenvalue weighted by Crippen LogP contribution is 2.30. The maximum absolute atomic E-state index is 10.8. The summed E-state index contributed by atoms with van der Waals surface area (Å²) in [7, 11) is 0. The van der Waals surface area contributed by atoms with Crippen molar-refractivity contribution in [3.05, 3.63) is 35.5 Å². The Bertz CT molecular complexity index is 551. The van der Waals surface area contributed by atoms with E-state index < -0.39 is 5.97 Å². The van der Waals surface area contributed by atoms with Gasteiger partial charge in [0.15, 0.2) is 0 Å². The Balaban J connectivity index is 2.33. The number of hydrogen-bond acceptors (Lipinski definition) is 4. The van der Waals surface area contributed by atoms with E-state index in [0.29, 0.717) is 12.3 Å². The van der Waals surface area contributed by atoms with Crippen LogP contribution in [0.2, 0.25) is 0 Å². The predicted octanol–water partition coefficient (Wildman–Crippen LogP) is 2.84. The van der Waals surface area contributed by atoms with E-state index in [1.54, 1.807) is 5.51 Å². The molecule has 0 saturated heterocycles. The van der Waals surface area contributed by atoms with Crippen LogP contribution in [0.4, 0.5) is 0 Å². The Labute approximate surface area is 109 Å². The predicted molar refractivity (Wildman–Crippen MR) is 70.1 cm³/mol. The summed E-state index contributed by atoms with van der Waals surface area (Å²) < 4.78 is 5.43. The SMILES string of the molecule is CCOc1cccc(-c2scnc2CC(=O)O)c1. The van der Waals surface area contributed by atoms with Gasteiger partial charge < -0.3 is 9.84 Å². The maximum atomic E-state index is 10.8. The fourth-order valence-corrected chi connectivity index (χ4v) is 2.48. The van der Waals surface area contributed by atoms with Gasteiger partial charge in [-0.2, -0.15) is 0 Å². The normalized spacial score (nSPS) is 10.3. The van der Waals surface area contributed by atoms with Crippen molar-refractivity contribution in [2.24, 2.45) is 0 Å². The summed E-state index contributed by atoms with van der Waals surface area (Å²) in [6.07, 6.45) is -0.0578. The number of aromatic nitrogens is 1. The van der Waals surface area contributed by atoms with E-state index in [-0.39, 0.29) is 6.42 Å². The van der Waals surface area contributed by atoms with E-state index in [0.717, 1.165) is 16.2 Å². The third-order valence-electron chi connectivity index (χ3n) is 2.37. The Kier molecular flexibility index (Phi) is 3.94. The molecule has 0 aliphatic carbocycles. The number of thiazole rings is 1. The Hall–Kier alpha value is -1.88. The van der Waals surface area contributed by atoms with Crippen molar-refractivity contribution in [2.75, 3.05) is 6.61 Å². The van der Waals surface area contributed by atoms with Crippen molar-refractivity contribution < 1.29 is 14.6 Å². The summed E-state index contributed by atoms with van der Waals surface area (Å²) in [4.78, 5) is 15.8. The molecule has 2 aromatic rings. The molecule has 4 nitrogen and oxygen atoms in total. The highest BCUT2D eigenvalue weighted by molar-refractivity contribution is 7.13. The van der Waals surface area contributed by atoms with Gasteiger partial charge in [-0.25, -0.2) is 4.98 Å². The van der Waals surface area contributed by atoms with Gasteiger partial charge in [0.25, 0.3) is 0 Å². The van der Waals surface area contributed by atoms with Crippen molar-refractivity contribution in [1.82, 2.24) is 4.98 Å². The molecule has 0 spiro atoms. The van der Waals surface area contributed by atoms with Gasteiger partial charge in [0.1, 0.15) is 5.75 Å². The van der Waals surface area contributed by atoms with Gasteiger partial charge in [-0.05, 0) is 24.6 Å². The van der Waals surface area contributed by atoms with Crippen LogP contribution >= 0.6 is 11.3 Å². The Morgan fingerprint density at radius 3 is 3.06 bits per heavy atom. The largest absolute Gasteiger partial charge is 0.494 e. The number of nitrogens with zero attached hydrogens (tertiary/aromatic N) is 1. The average molecular weight is 263 g/mol. The van der Waals surface area contributed by atoms with Gasteiger partial charge >= 0.3 is 5.97 Å². The number of carboxylic acids is 1. The lowest BCUT2D eigenvalue weighted by Crippen LogP contribution is -2.01. The molecule has 94 valence electrons. The second kappa shape index (κ2) is 5.64. The van der Waals surface area contributed by atoms with E-state index >= 15 is 0 Å². The molecular formula is C13H13NO3S. The average Bonchev–Trinajstić information content (AvgIpc) is 2.77. The van der Waals surface area contributed by atoms with Crippen molar-refractivity contribution in [3.63, 3.8) is 0 Å². The summed E-state index contributed by atoms with van der Waals surface area (Å²) in [5.41, 5.74) is 3.21. The van der Waals surface area contributed by atoms with Crippen molar-refractivity contribution in [2.45, 2.75) is 13.3 Å². The first-order valence-corrected chi connectivity index (χ1v) is 6.46.